The highest BCUT2D eigenvalue weighted by Crippen LogP contribution is 2.50. The number of benzene rings is 2. The van der Waals surface area contributed by atoms with Gasteiger partial charge in [-0.2, -0.15) is 0 Å². The highest BCUT2D eigenvalue weighted by Gasteiger charge is 2.56. The fourth-order valence-electron chi connectivity index (χ4n) is 4.29. The lowest BCUT2D eigenvalue weighted by molar-refractivity contribution is -0.159. The molecule has 2 aromatic rings. The summed E-state index contributed by atoms with van der Waals surface area (Å²) in [5.41, 5.74) is -0.178. The standard InChI is InChI=1S/C25H20ClNO7/c1-13-5-7-14(8-6-13)19-18-12-25(23(30)33-3,24(31)34-4)16-11-15(26)9-10-17(16)27(18)21(28)20(19)22(29)32-2/h5-12H,1-4H3. The summed E-state index contributed by atoms with van der Waals surface area (Å²) in [5, 5.41) is 0.222. The van der Waals surface area contributed by atoms with Gasteiger partial charge in [0.15, 0.2) is 0 Å². The number of nitrogens with zero attached hydrogens (tertiary/aromatic N) is 1. The van der Waals surface area contributed by atoms with Gasteiger partial charge in [-0.1, -0.05) is 41.4 Å². The molecular formula is C25H20ClNO7. The molecule has 0 fully saturated rings. The Kier molecular flexibility index (Phi) is 5.79. The van der Waals surface area contributed by atoms with Crippen LogP contribution in [-0.2, 0) is 38.8 Å². The summed E-state index contributed by atoms with van der Waals surface area (Å²) in [7, 11) is 3.44. The number of fused-ring (bicyclic) bond motifs is 3. The van der Waals surface area contributed by atoms with E-state index in [9.17, 15) is 19.2 Å². The summed E-state index contributed by atoms with van der Waals surface area (Å²) in [4.78, 5) is 54.0. The first-order chi connectivity index (χ1) is 16.2. The number of allylic oxidation sites excluding steroid dienone is 1. The van der Waals surface area contributed by atoms with E-state index in [0.717, 1.165) is 19.8 Å². The van der Waals surface area contributed by atoms with Crippen molar-refractivity contribution in [3.63, 3.8) is 0 Å². The number of esters is 3. The van der Waals surface area contributed by atoms with Crippen molar-refractivity contribution < 1.29 is 33.4 Å². The van der Waals surface area contributed by atoms with Crippen LogP contribution in [0.1, 0.15) is 16.7 Å². The third-order valence-corrected chi connectivity index (χ3v) is 6.12. The van der Waals surface area contributed by atoms with Crippen LogP contribution in [0.2, 0.25) is 5.02 Å². The molecule has 2 aromatic carbocycles. The van der Waals surface area contributed by atoms with Crippen molar-refractivity contribution in [1.82, 2.24) is 0 Å². The molecule has 2 heterocycles. The molecule has 0 aromatic heterocycles. The van der Waals surface area contributed by atoms with Crippen LogP contribution in [0.15, 0.2) is 59.8 Å². The van der Waals surface area contributed by atoms with Crippen LogP contribution in [0.25, 0.3) is 5.57 Å². The molecule has 0 radical (unpaired) electrons. The van der Waals surface area contributed by atoms with Crippen LogP contribution in [0.3, 0.4) is 0 Å². The van der Waals surface area contributed by atoms with Crippen LogP contribution >= 0.6 is 11.6 Å². The first kappa shape index (κ1) is 23.3. The average Bonchev–Trinajstić information content (AvgIpc) is 3.14. The maximum Gasteiger partial charge on any atom is 0.344 e. The van der Waals surface area contributed by atoms with E-state index in [1.165, 1.54) is 36.3 Å². The Labute approximate surface area is 200 Å². The molecule has 0 spiro atoms. The van der Waals surface area contributed by atoms with Crippen molar-refractivity contribution in [3.8, 4) is 0 Å². The summed E-state index contributed by atoms with van der Waals surface area (Å²) in [5.74, 6) is -3.39. The number of anilines is 1. The number of hydrogen-bond donors (Lipinski definition) is 0. The molecule has 174 valence electrons. The highest BCUT2D eigenvalue weighted by atomic mass is 35.5. The molecule has 2 aliphatic heterocycles. The fourth-order valence-corrected chi connectivity index (χ4v) is 4.46. The average molecular weight is 482 g/mol. The van der Waals surface area contributed by atoms with Crippen molar-refractivity contribution in [3.05, 3.63) is 81.5 Å². The number of hydrogen-bond acceptors (Lipinski definition) is 7. The van der Waals surface area contributed by atoms with Gasteiger partial charge in [0.2, 0.25) is 5.41 Å². The van der Waals surface area contributed by atoms with Crippen LogP contribution in [0.4, 0.5) is 5.69 Å². The Bertz CT molecular complexity index is 1290. The van der Waals surface area contributed by atoms with E-state index >= 15 is 0 Å². The van der Waals surface area contributed by atoms with Gasteiger partial charge in [0.05, 0.1) is 32.7 Å². The maximum absolute atomic E-state index is 13.6. The number of ether oxygens (including phenoxy) is 3. The zero-order valence-electron chi connectivity index (χ0n) is 18.8. The molecule has 0 bridgehead atoms. The second kappa shape index (κ2) is 8.46. The van der Waals surface area contributed by atoms with Crippen LogP contribution < -0.4 is 4.90 Å². The van der Waals surface area contributed by atoms with E-state index in [0.29, 0.717) is 5.56 Å². The number of amides is 1. The highest BCUT2D eigenvalue weighted by molar-refractivity contribution is 6.36. The molecule has 8 nitrogen and oxygen atoms in total. The molecule has 4 rings (SSSR count). The lowest BCUT2D eigenvalue weighted by atomic mass is 9.75. The van der Waals surface area contributed by atoms with E-state index in [4.69, 9.17) is 25.8 Å². The maximum atomic E-state index is 13.6. The second-order valence-corrected chi connectivity index (χ2v) is 8.17. The Balaban J connectivity index is 2.14. The lowest BCUT2D eigenvalue weighted by Crippen LogP contribution is -2.48. The first-order valence-electron chi connectivity index (χ1n) is 10.2. The molecule has 34 heavy (non-hydrogen) atoms. The predicted octanol–water partition coefficient (Wildman–Crippen LogP) is 3.10. The number of carbonyl (C=O) groups is 4. The van der Waals surface area contributed by atoms with Crippen molar-refractivity contribution in [1.29, 1.82) is 0 Å². The van der Waals surface area contributed by atoms with Crippen molar-refractivity contribution >= 4 is 46.7 Å². The monoisotopic (exact) mass is 481 g/mol. The number of carbonyl (C=O) groups excluding carboxylic acids is 4. The molecule has 0 atom stereocenters. The normalized spacial score (nSPS) is 15.9. The number of halogens is 1. The minimum Gasteiger partial charge on any atom is -0.468 e. The van der Waals surface area contributed by atoms with Gasteiger partial charge in [-0.15, -0.1) is 0 Å². The van der Waals surface area contributed by atoms with E-state index < -0.39 is 29.2 Å². The zero-order chi connectivity index (χ0) is 24.8. The van der Waals surface area contributed by atoms with E-state index in [-0.39, 0.29) is 33.1 Å². The summed E-state index contributed by atoms with van der Waals surface area (Å²) >= 11 is 6.21. The smallest absolute Gasteiger partial charge is 0.344 e. The van der Waals surface area contributed by atoms with Crippen LogP contribution in [-0.4, -0.2) is 45.1 Å². The zero-order valence-corrected chi connectivity index (χ0v) is 19.6. The van der Waals surface area contributed by atoms with Gasteiger partial charge in [0.1, 0.15) is 5.57 Å². The van der Waals surface area contributed by atoms with Gasteiger partial charge in [0.25, 0.3) is 5.91 Å². The molecule has 0 N–H and O–H groups in total. The second-order valence-electron chi connectivity index (χ2n) is 7.73. The van der Waals surface area contributed by atoms with E-state index in [2.05, 4.69) is 0 Å². The molecule has 1 amide bonds. The molecule has 9 heteroatoms. The Hall–Kier alpha value is -3.91. The summed E-state index contributed by atoms with van der Waals surface area (Å²) in [6.07, 6.45) is 1.28. The number of aryl methyl sites for hydroxylation is 1. The van der Waals surface area contributed by atoms with Gasteiger partial charge < -0.3 is 14.2 Å². The van der Waals surface area contributed by atoms with E-state index in [1.807, 2.05) is 19.1 Å². The first-order valence-corrected chi connectivity index (χ1v) is 10.5. The van der Waals surface area contributed by atoms with Crippen LogP contribution in [0, 0.1) is 6.92 Å². The Morgan fingerprint density at radius 2 is 1.53 bits per heavy atom. The van der Waals surface area contributed by atoms with Gasteiger partial charge in [0, 0.05) is 16.2 Å². The van der Waals surface area contributed by atoms with Gasteiger partial charge in [-0.05, 0) is 36.8 Å². The molecule has 0 unspecified atom stereocenters. The third kappa shape index (κ3) is 3.21. The molecular weight excluding hydrogens is 462 g/mol. The number of methoxy groups -OCH3 is 3. The van der Waals surface area contributed by atoms with Gasteiger partial charge >= 0.3 is 17.9 Å². The summed E-state index contributed by atoms with van der Waals surface area (Å²) in [6.45, 7) is 1.89. The van der Waals surface area contributed by atoms with Crippen LogP contribution in [0.5, 0.6) is 0 Å². The SMILES string of the molecule is COC(=O)C1=C(c2ccc(C)cc2)C2=CC(C(=O)OC)(C(=O)OC)c3cc(Cl)ccc3N2C1=O. The van der Waals surface area contributed by atoms with Gasteiger partial charge in [-0.3, -0.25) is 19.3 Å². The Morgan fingerprint density at radius 3 is 2.09 bits per heavy atom. The molecule has 0 saturated heterocycles. The topological polar surface area (TPSA) is 99.2 Å². The largest absolute Gasteiger partial charge is 0.468 e. The van der Waals surface area contributed by atoms with Gasteiger partial charge in [-0.25, -0.2) is 4.79 Å². The molecule has 0 saturated carbocycles. The lowest BCUT2D eigenvalue weighted by Gasteiger charge is -2.36. The van der Waals surface area contributed by atoms with Crippen molar-refractivity contribution in [2.45, 2.75) is 12.3 Å². The van der Waals surface area contributed by atoms with Crippen molar-refractivity contribution in [2.75, 3.05) is 26.2 Å². The summed E-state index contributed by atoms with van der Waals surface area (Å²) in [6, 6.07) is 11.5. The minimum atomic E-state index is -2.07. The fraction of sp³-hybridized carbons (Fsp3) is 0.200. The van der Waals surface area contributed by atoms with E-state index in [1.54, 1.807) is 12.1 Å². The Morgan fingerprint density at radius 1 is 0.912 bits per heavy atom. The minimum absolute atomic E-state index is 0.0881. The number of rotatable bonds is 4. The predicted molar refractivity (Wildman–Crippen MR) is 123 cm³/mol. The third-order valence-electron chi connectivity index (χ3n) is 5.89. The molecule has 0 aliphatic carbocycles. The molecule has 2 aliphatic rings. The quantitative estimate of drug-likeness (QED) is 0.286. The summed E-state index contributed by atoms with van der Waals surface area (Å²) < 4.78 is 14.9. The van der Waals surface area contributed by atoms with Crippen molar-refractivity contribution in [2.24, 2.45) is 0 Å².